The molecule has 0 aromatic heterocycles. The van der Waals surface area contributed by atoms with Gasteiger partial charge in [-0.3, -0.25) is 0 Å². The summed E-state index contributed by atoms with van der Waals surface area (Å²) in [6.07, 6.45) is 5.84. The van der Waals surface area contributed by atoms with E-state index in [9.17, 15) is 0 Å². The molecule has 1 rings (SSSR count). The third-order valence-corrected chi connectivity index (χ3v) is 2.82. The highest BCUT2D eigenvalue weighted by atomic mass is 35.5. The van der Waals surface area contributed by atoms with Gasteiger partial charge in [-0.05, 0) is 30.6 Å². The zero-order chi connectivity index (χ0) is 10.1. The van der Waals surface area contributed by atoms with Gasteiger partial charge in [0.25, 0.3) is 0 Å². The quantitative estimate of drug-likeness (QED) is 0.458. The first kappa shape index (κ1) is 11.1. The van der Waals surface area contributed by atoms with Crippen LogP contribution in [-0.2, 0) is 0 Å². The third-order valence-electron chi connectivity index (χ3n) is 2.54. The molecule has 0 nitrogen and oxygen atoms in total. The third kappa shape index (κ3) is 3.72. The zero-order valence-corrected chi connectivity index (χ0v) is 9.99. The van der Waals surface area contributed by atoms with Crippen LogP contribution in [0.2, 0.25) is 0 Å². The molecule has 0 bridgehead atoms. The van der Waals surface area contributed by atoms with Gasteiger partial charge >= 0.3 is 0 Å². The molecule has 0 fully saturated rings. The lowest BCUT2D eigenvalue weighted by Crippen LogP contribution is -2.22. The molecule has 0 saturated carbocycles. The molecule has 0 aliphatic heterocycles. The van der Waals surface area contributed by atoms with Crippen molar-refractivity contribution < 1.29 is 0 Å². The van der Waals surface area contributed by atoms with E-state index in [0.717, 1.165) is 12.3 Å². The van der Waals surface area contributed by atoms with Crippen LogP contribution >= 0.6 is 11.6 Å². The molecule has 0 amide bonds. The first-order chi connectivity index (χ1) is 5.89. The lowest BCUT2D eigenvalue weighted by atomic mass is 9.75. The van der Waals surface area contributed by atoms with Crippen molar-refractivity contribution in [3.05, 3.63) is 11.6 Å². The lowest BCUT2D eigenvalue weighted by Gasteiger charge is -2.33. The summed E-state index contributed by atoms with van der Waals surface area (Å²) >= 11 is 6.20. The summed E-state index contributed by atoms with van der Waals surface area (Å²) in [6.45, 7) is 9.17. The van der Waals surface area contributed by atoms with Crippen LogP contribution in [-0.4, -0.2) is 5.38 Å². The minimum absolute atomic E-state index is 0.262. The van der Waals surface area contributed by atoms with Crippen molar-refractivity contribution >= 4 is 11.6 Å². The van der Waals surface area contributed by atoms with E-state index in [1.807, 2.05) is 0 Å². The maximum atomic E-state index is 6.20. The van der Waals surface area contributed by atoms with Gasteiger partial charge < -0.3 is 0 Å². The Labute approximate surface area is 87.4 Å². The Hall–Kier alpha value is 0.0300. The van der Waals surface area contributed by atoms with E-state index in [4.69, 9.17) is 11.6 Å². The molecule has 76 valence electrons. The van der Waals surface area contributed by atoms with Gasteiger partial charge in [0, 0.05) is 0 Å². The highest BCUT2D eigenvalue weighted by Crippen LogP contribution is 2.39. The Morgan fingerprint density at radius 3 is 2.62 bits per heavy atom. The molecular formula is C12H21Cl. The Morgan fingerprint density at radius 2 is 2.15 bits per heavy atom. The molecule has 1 atom stereocenters. The van der Waals surface area contributed by atoms with Crippen molar-refractivity contribution in [2.24, 2.45) is 11.3 Å². The van der Waals surface area contributed by atoms with Crippen molar-refractivity contribution in [3.8, 4) is 0 Å². The van der Waals surface area contributed by atoms with E-state index in [0.29, 0.717) is 5.41 Å². The smallest absolute Gasteiger partial charge is 0.0523 e. The van der Waals surface area contributed by atoms with Gasteiger partial charge in [0.15, 0.2) is 0 Å². The number of hydrogen-bond acceptors (Lipinski definition) is 0. The van der Waals surface area contributed by atoms with Crippen molar-refractivity contribution in [2.75, 3.05) is 0 Å². The van der Waals surface area contributed by atoms with E-state index in [1.165, 1.54) is 12.8 Å². The van der Waals surface area contributed by atoms with Crippen LogP contribution in [0.25, 0.3) is 0 Å². The fourth-order valence-electron chi connectivity index (χ4n) is 2.25. The monoisotopic (exact) mass is 200 g/mol. The van der Waals surface area contributed by atoms with Crippen LogP contribution in [0.3, 0.4) is 0 Å². The van der Waals surface area contributed by atoms with Crippen molar-refractivity contribution in [3.63, 3.8) is 0 Å². The predicted molar refractivity (Wildman–Crippen MR) is 60.2 cm³/mol. The summed E-state index contributed by atoms with van der Waals surface area (Å²) in [6, 6.07) is 0. The van der Waals surface area contributed by atoms with Gasteiger partial charge in [-0.1, -0.05) is 39.3 Å². The van der Waals surface area contributed by atoms with Gasteiger partial charge in [0.2, 0.25) is 0 Å². The summed E-state index contributed by atoms with van der Waals surface area (Å²) in [7, 11) is 0. The molecule has 0 spiro atoms. The second-order valence-electron chi connectivity index (χ2n) is 5.48. The molecule has 0 N–H and O–H groups in total. The lowest BCUT2D eigenvalue weighted by molar-refractivity contribution is 0.315. The number of hydrogen-bond donors (Lipinski definition) is 0. The summed E-state index contributed by atoms with van der Waals surface area (Å²) < 4.78 is 0. The number of rotatable bonds is 2. The van der Waals surface area contributed by atoms with E-state index in [2.05, 4.69) is 33.8 Å². The van der Waals surface area contributed by atoms with E-state index in [1.54, 1.807) is 5.57 Å². The van der Waals surface area contributed by atoms with Gasteiger partial charge in [0.05, 0.1) is 5.38 Å². The molecule has 1 unspecified atom stereocenters. The second kappa shape index (κ2) is 4.04. The standard InChI is InChI=1S/C12H21Cl/c1-9(2)5-10-6-11(13)8-12(3,4)7-10/h6,9,11H,5,7-8H2,1-4H3. The topological polar surface area (TPSA) is 0 Å². The molecular weight excluding hydrogens is 180 g/mol. The largest absolute Gasteiger partial charge is 0.118 e. The van der Waals surface area contributed by atoms with Crippen LogP contribution < -0.4 is 0 Å². The molecule has 1 aliphatic rings. The summed E-state index contributed by atoms with van der Waals surface area (Å²) in [5.74, 6) is 0.754. The van der Waals surface area contributed by atoms with Gasteiger partial charge in [-0.25, -0.2) is 0 Å². The first-order valence-electron chi connectivity index (χ1n) is 5.23. The molecule has 0 aromatic rings. The fraction of sp³-hybridized carbons (Fsp3) is 0.833. The highest BCUT2D eigenvalue weighted by Gasteiger charge is 2.27. The fourth-order valence-corrected chi connectivity index (χ4v) is 2.85. The Kier molecular flexibility index (Phi) is 3.45. The van der Waals surface area contributed by atoms with Crippen molar-refractivity contribution in [1.29, 1.82) is 0 Å². The molecule has 1 heteroatoms. The molecule has 0 aromatic carbocycles. The van der Waals surface area contributed by atoms with E-state index in [-0.39, 0.29) is 5.38 Å². The van der Waals surface area contributed by atoms with E-state index < -0.39 is 0 Å². The minimum atomic E-state index is 0.262. The SMILES string of the molecule is CC(C)CC1=CC(Cl)CC(C)(C)C1. The Balaban J connectivity index is 2.64. The van der Waals surface area contributed by atoms with Gasteiger partial charge in [0.1, 0.15) is 0 Å². The average Bonchev–Trinajstić information content (AvgIpc) is 1.78. The van der Waals surface area contributed by atoms with E-state index >= 15 is 0 Å². The first-order valence-corrected chi connectivity index (χ1v) is 5.66. The van der Waals surface area contributed by atoms with Crippen molar-refractivity contribution in [1.82, 2.24) is 0 Å². The van der Waals surface area contributed by atoms with Crippen LogP contribution in [0.1, 0.15) is 47.0 Å². The van der Waals surface area contributed by atoms with Crippen LogP contribution in [0.5, 0.6) is 0 Å². The molecule has 0 radical (unpaired) electrons. The minimum Gasteiger partial charge on any atom is -0.118 e. The Bertz CT molecular complexity index is 201. The molecule has 1 aliphatic carbocycles. The number of allylic oxidation sites excluding steroid dienone is 2. The number of halogens is 1. The summed E-state index contributed by atoms with van der Waals surface area (Å²) in [5.41, 5.74) is 1.97. The molecule has 13 heavy (non-hydrogen) atoms. The predicted octanol–water partition coefficient (Wildman–Crippen LogP) is 4.39. The van der Waals surface area contributed by atoms with Crippen LogP contribution in [0.4, 0.5) is 0 Å². The normalized spacial score (nSPS) is 27.5. The van der Waals surface area contributed by atoms with Gasteiger partial charge in [-0.15, -0.1) is 11.6 Å². The molecule has 0 saturated heterocycles. The summed E-state index contributed by atoms with van der Waals surface area (Å²) in [4.78, 5) is 0. The summed E-state index contributed by atoms with van der Waals surface area (Å²) in [5, 5.41) is 0.262. The Morgan fingerprint density at radius 1 is 1.54 bits per heavy atom. The second-order valence-corrected chi connectivity index (χ2v) is 6.04. The molecule has 0 heterocycles. The van der Waals surface area contributed by atoms with Crippen LogP contribution in [0, 0.1) is 11.3 Å². The van der Waals surface area contributed by atoms with Gasteiger partial charge in [-0.2, -0.15) is 0 Å². The average molecular weight is 201 g/mol. The number of alkyl halides is 1. The van der Waals surface area contributed by atoms with Crippen LogP contribution in [0.15, 0.2) is 11.6 Å². The maximum Gasteiger partial charge on any atom is 0.0523 e. The highest BCUT2D eigenvalue weighted by molar-refractivity contribution is 6.21. The zero-order valence-electron chi connectivity index (χ0n) is 9.23. The van der Waals surface area contributed by atoms with Crippen molar-refractivity contribution in [2.45, 2.75) is 52.3 Å². The maximum absolute atomic E-state index is 6.20.